The fourth-order valence-corrected chi connectivity index (χ4v) is 3.67. The van der Waals surface area contributed by atoms with E-state index in [9.17, 15) is 4.79 Å². The van der Waals surface area contributed by atoms with Crippen LogP contribution in [-0.2, 0) is 0 Å². The highest BCUT2D eigenvalue weighted by Crippen LogP contribution is 2.38. The fourth-order valence-electron chi connectivity index (χ4n) is 3.48. The summed E-state index contributed by atoms with van der Waals surface area (Å²) in [6.45, 7) is 2.48. The van der Waals surface area contributed by atoms with Crippen molar-refractivity contribution in [2.45, 2.75) is 31.7 Å². The van der Waals surface area contributed by atoms with Gasteiger partial charge < -0.3 is 15.2 Å². The third-order valence-electron chi connectivity index (χ3n) is 4.86. The molecule has 0 radical (unpaired) electrons. The highest BCUT2D eigenvalue weighted by atomic mass is 35.5. The molecule has 2 N–H and O–H groups in total. The monoisotopic (exact) mass is 413 g/mol. The molecule has 2 heterocycles. The molecule has 0 spiro atoms. The van der Waals surface area contributed by atoms with Crippen molar-refractivity contribution in [3.63, 3.8) is 0 Å². The minimum Gasteiger partial charge on any atom is -0.492 e. The smallest absolute Gasteiger partial charge is 0.404 e. The van der Waals surface area contributed by atoms with Crippen LogP contribution in [0.25, 0.3) is 17.2 Å². The Morgan fingerprint density at radius 1 is 1.31 bits per heavy atom. The van der Waals surface area contributed by atoms with E-state index in [0.29, 0.717) is 41.7 Å². The highest BCUT2D eigenvalue weighted by Gasteiger charge is 2.36. The minimum atomic E-state index is -1.01. The van der Waals surface area contributed by atoms with Crippen molar-refractivity contribution in [2.75, 3.05) is 6.61 Å². The number of carboxylic acid groups (broad SMARTS) is 1. The average Bonchev–Trinajstić information content (AvgIpc) is 3.09. The molecule has 3 aromatic rings. The van der Waals surface area contributed by atoms with E-state index in [4.69, 9.17) is 21.4 Å². The van der Waals surface area contributed by atoms with Crippen molar-refractivity contribution in [1.82, 2.24) is 25.1 Å². The van der Waals surface area contributed by atoms with Crippen molar-refractivity contribution in [3.8, 4) is 23.0 Å². The van der Waals surface area contributed by atoms with Gasteiger partial charge in [-0.25, -0.2) is 9.78 Å². The standard InChI is InChI=1S/C20H20ClN5O3/c1-2-29-16-6-7-17(22-11-16)19-25-24-18(12-8-14(9-12)23-20(27)28)26(19)15-5-3-4-13(21)10-15/h3-7,10-12,14,23H,2,8-9H2,1H3,(H,27,28)/t12-,14-. The molecule has 8 nitrogen and oxygen atoms in total. The molecule has 9 heteroatoms. The number of carbonyl (C=O) groups is 1. The molecule has 2 aromatic heterocycles. The molecule has 150 valence electrons. The zero-order chi connectivity index (χ0) is 20.4. The summed E-state index contributed by atoms with van der Waals surface area (Å²) in [7, 11) is 0. The van der Waals surface area contributed by atoms with Gasteiger partial charge in [-0.05, 0) is 50.1 Å². The largest absolute Gasteiger partial charge is 0.492 e. The van der Waals surface area contributed by atoms with Crippen molar-refractivity contribution in [1.29, 1.82) is 0 Å². The van der Waals surface area contributed by atoms with E-state index >= 15 is 0 Å². The van der Waals surface area contributed by atoms with Gasteiger partial charge in [-0.3, -0.25) is 4.57 Å². The Labute approximate surface area is 172 Å². The number of amides is 1. The van der Waals surface area contributed by atoms with E-state index in [2.05, 4.69) is 20.5 Å². The summed E-state index contributed by atoms with van der Waals surface area (Å²) in [5, 5.41) is 20.8. The second-order valence-electron chi connectivity index (χ2n) is 6.82. The van der Waals surface area contributed by atoms with Crippen molar-refractivity contribution >= 4 is 17.7 Å². The van der Waals surface area contributed by atoms with Crippen LogP contribution >= 0.6 is 11.6 Å². The topological polar surface area (TPSA) is 102 Å². The molecule has 1 aliphatic carbocycles. The normalized spacial score (nSPS) is 18.1. The molecule has 0 saturated heterocycles. The molecule has 1 fully saturated rings. The maximum Gasteiger partial charge on any atom is 0.404 e. The number of hydrogen-bond acceptors (Lipinski definition) is 5. The van der Waals surface area contributed by atoms with Crippen LogP contribution in [0.15, 0.2) is 42.6 Å². The Hall–Kier alpha value is -3.13. The first-order valence-corrected chi connectivity index (χ1v) is 9.73. The second kappa shape index (κ2) is 8.08. The van der Waals surface area contributed by atoms with Crippen molar-refractivity contribution < 1.29 is 14.6 Å². The van der Waals surface area contributed by atoms with Crippen LogP contribution in [0, 0.1) is 0 Å². The molecular formula is C20H20ClN5O3. The van der Waals surface area contributed by atoms with Crippen molar-refractivity contribution in [3.05, 3.63) is 53.4 Å². The number of nitrogens with zero attached hydrogens (tertiary/aromatic N) is 4. The van der Waals surface area contributed by atoms with Gasteiger partial charge in [0.25, 0.3) is 0 Å². The Balaban J connectivity index is 1.70. The van der Waals surface area contributed by atoms with Crippen LogP contribution in [0.4, 0.5) is 4.79 Å². The SMILES string of the molecule is CCOc1ccc(-c2nnc([C@H]3C[C@H](NC(=O)O)C3)n2-c2cccc(Cl)c2)nc1. The first-order valence-electron chi connectivity index (χ1n) is 9.35. The third-order valence-corrected chi connectivity index (χ3v) is 5.10. The molecule has 0 aliphatic heterocycles. The first-order chi connectivity index (χ1) is 14.0. The predicted molar refractivity (Wildman–Crippen MR) is 108 cm³/mol. The number of hydrogen-bond donors (Lipinski definition) is 2. The molecular weight excluding hydrogens is 394 g/mol. The molecule has 1 saturated carbocycles. The van der Waals surface area contributed by atoms with Crippen LogP contribution in [-0.4, -0.2) is 43.6 Å². The van der Waals surface area contributed by atoms with Crippen molar-refractivity contribution in [2.24, 2.45) is 0 Å². The lowest BCUT2D eigenvalue weighted by atomic mass is 9.79. The minimum absolute atomic E-state index is 0.0749. The van der Waals surface area contributed by atoms with Gasteiger partial charge >= 0.3 is 6.09 Å². The molecule has 4 rings (SSSR count). The summed E-state index contributed by atoms with van der Waals surface area (Å²) in [6.07, 6.45) is 1.98. The van der Waals surface area contributed by atoms with Gasteiger partial charge in [0.2, 0.25) is 0 Å². The fraction of sp³-hybridized carbons (Fsp3) is 0.300. The van der Waals surface area contributed by atoms with Gasteiger partial charge in [0.1, 0.15) is 17.3 Å². The number of benzene rings is 1. The van der Waals surface area contributed by atoms with Gasteiger partial charge in [-0.1, -0.05) is 17.7 Å². The van der Waals surface area contributed by atoms with Crippen LogP contribution < -0.4 is 10.1 Å². The molecule has 1 aromatic carbocycles. The molecule has 0 atom stereocenters. The lowest BCUT2D eigenvalue weighted by molar-refractivity contribution is 0.176. The lowest BCUT2D eigenvalue weighted by Gasteiger charge is -2.34. The maximum absolute atomic E-state index is 10.9. The molecule has 1 aliphatic rings. The van der Waals surface area contributed by atoms with Crippen LogP contribution in [0.5, 0.6) is 5.75 Å². The zero-order valence-electron chi connectivity index (χ0n) is 15.7. The molecule has 0 unspecified atom stereocenters. The van der Waals surface area contributed by atoms with E-state index in [1.54, 1.807) is 12.3 Å². The van der Waals surface area contributed by atoms with Gasteiger partial charge in [-0.2, -0.15) is 0 Å². The van der Waals surface area contributed by atoms with Crippen LogP contribution in [0.1, 0.15) is 31.5 Å². The third kappa shape index (κ3) is 4.02. The summed E-state index contributed by atoms with van der Waals surface area (Å²) in [6, 6.07) is 11.1. The Morgan fingerprint density at radius 2 is 2.14 bits per heavy atom. The second-order valence-corrected chi connectivity index (χ2v) is 7.26. The van der Waals surface area contributed by atoms with E-state index in [1.807, 2.05) is 41.8 Å². The Bertz CT molecular complexity index is 1020. The number of pyridine rings is 1. The van der Waals surface area contributed by atoms with Gasteiger partial charge in [0.15, 0.2) is 5.82 Å². The summed E-state index contributed by atoms with van der Waals surface area (Å²) in [4.78, 5) is 15.3. The zero-order valence-corrected chi connectivity index (χ0v) is 16.5. The quantitative estimate of drug-likeness (QED) is 0.635. The van der Waals surface area contributed by atoms with E-state index in [0.717, 1.165) is 11.5 Å². The Kier molecular flexibility index (Phi) is 5.35. The lowest BCUT2D eigenvalue weighted by Crippen LogP contribution is -2.43. The summed E-state index contributed by atoms with van der Waals surface area (Å²) >= 11 is 6.21. The van der Waals surface area contributed by atoms with Gasteiger partial charge in [0, 0.05) is 17.0 Å². The number of nitrogens with one attached hydrogen (secondary N) is 1. The van der Waals surface area contributed by atoms with Gasteiger partial charge in [-0.15, -0.1) is 10.2 Å². The number of rotatable bonds is 6. The summed E-state index contributed by atoms with van der Waals surface area (Å²) < 4.78 is 7.40. The number of aromatic nitrogens is 4. The molecule has 0 bridgehead atoms. The van der Waals surface area contributed by atoms with Crippen LogP contribution in [0.3, 0.4) is 0 Å². The van der Waals surface area contributed by atoms with E-state index in [1.165, 1.54) is 0 Å². The summed E-state index contributed by atoms with van der Waals surface area (Å²) in [5.41, 5.74) is 1.49. The first kappa shape index (κ1) is 19.2. The molecule has 1 amide bonds. The maximum atomic E-state index is 10.9. The molecule has 29 heavy (non-hydrogen) atoms. The predicted octanol–water partition coefficient (Wildman–Crippen LogP) is 3.90. The highest BCUT2D eigenvalue weighted by molar-refractivity contribution is 6.30. The van der Waals surface area contributed by atoms with Gasteiger partial charge in [0.05, 0.1) is 18.5 Å². The summed E-state index contributed by atoms with van der Waals surface area (Å²) in [5.74, 6) is 2.14. The van der Waals surface area contributed by atoms with E-state index in [-0.39, 0.29) is 12.0 Å². The van der Waals surface area contributed by atoms with E-state index < -0.39 is 6.09 Å². The van der Waals surface area contributed by atoms with Crippen LogP contribution in [0.2, 0.25) is 5.02 Å². The number of halogens is 1. The average molecular weight is 414 g/mol. The Morgan fingerprint density at radius 3 is 2.79 bits per heavy atom. The number of ether oxygens (including phenoxy) is 1.